The maximum Gasteiger partial charge on any atom is 0.416 e. The summed E-state index contributed by atoms with van der Waals surface area (Å²) in [6.07, 6.45) is -1.59. The van der Waals surface area contributed by atoms with E-state index in [0.29, 0.717) is 10.7 Å². The minimum Gasteiger partial charge on any atom is -0.481 e. The number of carboxylic acid groups (broad SMARTS) is 1. The van der Waals surface area contributed by atoms with Gasteiger partial charge in [0.25, 0.3) is 0 Å². The summed E-state index contributed by atoms with van der Waals surface area (Å²) in [6.45, 7) is 4.73. The summed E-state index contributed by atoms with van der Waals surface area (Å²) >= 11 is 1.10. The lowest BCUT2D eigenvalue weighted by Gasteiger charge is -2.07. The van der Waals surface area contributed by atoms with E-state index in [9.17, 15) is 18.0 Å². The van der Waals surface area contributed by atoms with Gasteiger partial charge in [-0.25, -0.2) is 4.98 Å². The molecule has 122 valence electrons. The van der Waals surface area contributed by atoms with Crippen LogP contribution in [0.15, 0.2) is 35.8 Å². The predicted molar refractivity (Wildman–Crippen MR) is 81.6 cm³/mol. The van der Waals surface area contributed by atoms with E-state index in [1.54, 1.807) is 6.92 Å². The van der Waals surface area contributed by atoms with Gasteiger partial charge in [0.1, 0.15) is 5.01 Å². The minimum absolute atomic E-state index is 0.259. The Morgan fingerprint density at radius 3 is 2.50 bits per heavy atom. The molecule has 0 aliphatic rings. The number of alkyl halides is 3. The molecule has 1 aromatic rings. The lowest BCUT2D eigenvalue weighted by Crippen LogP contribution is -2.09. The predicted octanol–water partition coefficient (Wildman–Crippen LogP) is 3.42. The second-order valence-electron chi connectivity index (χ2n) is 3.76. The molecule has 0 bridgehead atoms. The highest BCUT2D eigenvalue weighted by Crippen LogP contribution is 2.30. The molecule has 0 atom stereocenters. The maximum atomic E-state index is 12.6. The largest absolute Gasteiger partial charge is 0.481 e. The summed E-state index contributed by atoms with van der Waals surface area (Å²) in [4.78, 5) is 14.6. The third-order valence-corrected chi connectivity index (χ3v) is 3.24. The first-order chi connectivity index (χ1) is 10.3. The lowest BCUT2D eigenvalue weighted by atomic mass is 10.1. The molecule has 3 N–H and O–H groups in total. The maximum absolute atomic E-state index is 12.6. The molecular formula is C14H17F3N2O2S. The van der Waals surface area contributed by atoms with E-state index in [0.717, 1.165) is 23.5 Å². The number of thiazole rings is 1. The summed E-state index contributed by atoms with van der Waals surface area (Å²) in [5.41, 5.74) is 4.22. The van der Waals surface area contributed by atoms with Gasteiger partial charge in [-0.05, 0) is 20.0 Å². The summed E-state index contributed by atoms with van der Waals surface area (Å²) in [7, 11) is 1.50. The molecule has 1 rings (SSSR count). The van der Waals surface area contributed by atoms with Crippen LogP contribution in [0.2, 0.25) is 0 Å². The number of nitrogens with zero attached hydrogens (tertiary/aromatic N) is 1. The van der Waals surface area contributed by atoms with Crippen LogP contribution in [-0.4, -0.2) is 29.3 Å². The second-order valence-corrected chi connectivity index (χ2v) is 4.62. The zero-order valence-corrected chi connectivity index (χ0v) is 13.0. The van der Waals surface area contributed by atoms with Crippen molar-refractivity contribution in [3.8, 4) is 0 Å². The van der Waals surface area contributed by atoms with Crippen molar-refractivity contribution >= 4 is 22.9 Å². The van der Waals surface area contributed by atoms with Gasteiger partial charge in [-0.15, -0.1) is 11.3 Å². The van der Waals surface area contributed by atoms with Gasteiger partial charge in [-0.2, -0.15) is 13.2 Å². The second kappa shape index (κ2) is 9.16. The highest BCUT2D eigenvalue weighted by Gasteiger charge is 2.31. The summed E-state index contributed by atoms with van der Waals surface area (Å²) < 4.78 is 37.9. The zero-order valence-electron chi connectivity index (χ0n) is 12.1. The number of carboxylic acids is 1. The average Bonchev–Trinajstić information content (AvgIpc) is 2.88. The van der Waals surface area contributed by atoms with Crippen molar-refractivity contribution in [2.45, 2.75) is 19.5 Å². The number of carbonyl (C=O) groups is 1. The van der Waals surface area contributed by atoms with Crippen LogP contribution in [0.4, 0.5) is 13.2 Å². The van der Waals surface area contributed by atoms with Crippen LogP contribution < -0.4 is 5.73 Å². The van der Waals surface area contributed by atoms with Crippen LogP contribution in [0.25, 0.3) is 5.57 Å². The van der Waals surface area contributed by atoms with E-state index >= 15 is 0 Å². The molecule has 0 unspecified atom stereocenters. The van der Waals surface area contributed by atoms with Crippen molar-refractivity contribution in [3.63, 3.8) is 0 Å². The van der Waals surface area contributed by atoms with Crippen LogP contribution in [0, 0.1) is 0 Å². The number of aromatic nitrogens is 1. The zero-order chi connectivity index (χ0) is 17.3. The fourth-order valence-corrected chi connectivity index (χ4v) is 2.23. The van der Waals surface area contributed by atoms with E-state index < -0.39 is 17.7 Å². The van der Waals surface area contributed by atoms with E-state index in [1.165, 1.54) is 18.5 Å². The minimum atomic E-state index is -4.49. The van der Waals surface area contributed by atoms with E-state index in [1.807, 2.05) is 0 Å². The first-order valence-corrected chi connectivity index (χ1v) is 6.97. The Morgan fingerprint density at radius 1 is 1.50 bits per heavy atom. The number of halogens is 3. The van der Waals surface area contributed by atoms with Crippen molar-refractivity contribution in [3.05, 3.63) is 46.5 Å². The Bertz CT molecular complexity index is 575. The first-order valence-electron chi connectivity index (χ1n) is 6.10. The molecule has 0 aliphatic heterocycles. The smallest absolute Gasteiger partial charge is 0.416 e. The molecule has 8 heteroatoms. The molecule has 1 aromatic heterocycles. The molecule has 22 heavy (non-hydrogen) atoms. The molecule has 0 radical (unpaired) electrons. The molecule has 0 spiro atoms. The molecule has 1 heterocycles. The number of aliphatic carboxylic acids is 1. The molecule has 0 aromatic carbocycles. The van der Waals surface area contributed by atoms with Gasteiger partial charge in [0.15, 0.2) is 0 Å². The fourth-order valence-electron chi connectivity index (χ4n) is 1.37. The SMILES string of the molecule is C=C/C(=C\C(=C/C)c1nc(CC(=O)O)cs1)C(F)(F)F.CN. The van der Waals surface area contributed by atoms with Gasteiger partial charge >= 0.3 is 12.1 Å². The summed E-state index contributed by atoms with van der Waals surface area (Å²) in [5, 5.41) is 10.5. The standard InChI is InChI=1S/C13H12F3NO2S.CH5N/c1-3-8(5-9(4-2)13(14,15)16)12-17-10(7-20-12)6-11(18)19;1-2/h3-5,7H,2,6H2,1H3,(H,18,19);2H2,1H3/b8-3+,9-5+;. The lowest BCUT2D eigenvalue weighted by molar-refractivity contribution is -0.136. The van der Waals surface area contributed by atoms with E-state index in [2.05, 4.69) is 17.3 Å². The third-order valence-electron chi connectivity index (χ3n) is 2.30. The number of rotatable bonds is 5. The Balaban J connectivity index is 0.00000211. The monoisotopic (exact) mass is 334 g/mol. The van der Waals surface area contributed by atoms with Crippen LogP contribution >= 0.6 is 11.3 Å². The number of nitrogens with two attached hydrogens (primary N) is 1. The first kappa shape index (κ1) is 20.1. The molecule has 0 fully saturated rings. The number of hydrogen-bond donors (Lipinski definition) is 2. The topological polar surface area (TPSA) is 76.2 Å². The molecule has 0 aliphatic carbocycles. The molecule has 4 nitrogen and oxygen atoms in total. The van der Waals surface area contributed by atoms with Crippen LogP contribution in [0.1, 0.15) is 17.6 Å². The van der Waals surface area contributed by atoms with Crippen LogP contribution in [0.5, 0.6) is 0 Å². The van der Waals surface area contributed by atoms with Gasteiger partial charge in [0.2, 0.25) is 0 Å². The number of hydrogen-bond acceptors (Lipinski definition) is 4. The van der Waals surface area contributed by atoms with Gasteiger partial charge in [-0.1, -0.05) is 18.7 Å². The Morgan fingerprint density at radius 2 is 2.09 bits per heavy atom. The van der Waals surface area contributed by atoms with Crippen molar-refractivity contribution in [1.82, 2.24) is 4.98 Å². The Labute approximate surface area is 130 Å². The molecule has 0 saturated carbocycles. The Kier molecular flexibility index (Phi) is 8.36. The number of allylic oxidation sites excluding steroid dienone is 5. The fraction of sp³-hybridized carbons (Fsp3) is 0.286. The van der Waals surface area contributed by atoms with Gasteiger partial charge < -0.3 is 10.8 Å². The third kappa shape index (κ3) is 6.23. The van der Waals surface area contributed by atoms with Crippen molar-refractivity contribution in [1.29, 1.82) is 0 Å². The van der Waals surface area contributed by atoms with E-state index in [4.69, 9.17) is 5.11 Å². The normalized spacial score (nSPS) is 12.5. The molecule has 0 saturated heterocycles. The van der Waals surface area contributed by atoms with Crippen molar-refractivity contribution in [2.75, 3.05) is 7.05 Å². The Hall–Kier alpha value is -1.93. The summed E-state index contributed by atoms with van der Waals surface area (Å²) in [5.74, 6) is -1.04. The highest BCUT2D eigenvalue weighted by molar-refractivity contribution is 7.10. The van der Waals surface area contributed by atoms with Gasteiger partial charge in [-0.3, -0.25) is 4.79 Å². The van der Waals surface area contributed by atoms with Gasteiger partial charge in [0, 0.05) is 11.0 Å². The van der Waals surface area contributed by atoms with Crippen LogP contribution in [-0.2, 0) is 11.2 Å². The molecular weight excluding hydrogens is 317 g/mol. The average molecular weight is 334 g/mol. The van der Waals surface area contributed by atoms with Crippen LogP contribution in [0.3, 0.4) is 0 Å². The summed E-state index contributed by atoms with van der Waals surface area (Å²) in [6, 6.07) is 0. The quantitative estimate of drug-likeness (QED) is 0.809. The van der Waals surface area contributed by atoms with Gasteiger partial charge in [0.05, 0.1) is 17.7 Å². The highest BCUT2D eigenvalue weighted by atomic mass is 32.1. The van der Waals surface area contributed by atoms with Crippen molar-refractivity contribution in [2.24, 2.45) is 5.73 Å². The molecule has 0 amide bonds. The van der Waals surface area contributed by atoms with E-state index in [-0.39, 0.29) is 12.0 Å². The van der Waals surface area contributed by atoms with Crippen molar-refractivity contribution < 1.29 is 23.1 Å².